The predicted octanol–water partition coefficient (Wildman–Crippen LogP) is 0.0555. The molecule has 9 heteroatoms. The maximum Gasteiger partial charge on any atom is 0.269 e. The summed E-state index contributed by atoms with van der Waals surface area (Å²) in [5.74, 6) is -0.758. The lowest BCUT2D eigenvalue weighted by molar-refractivity contribution is 0.0706. The maximum absolute atomic E-state index is 12.8. The fraction of sp³-hybridized carbons (Fsp3) is 0.529. The average molecular weight is 379 g/mol. The fourth-order valence-electron chi connectivity index (χ4n) is 3.61. The Balaban J connectivity index is 1.62. The van der Waals surface area contributed by atoms with Gasteiger partial charge in [-0.2, -0.15) is 0 Å². The summed E-state index contributed by atoms with van der Waals surface area (Å²) in [5, 5.41) is 3.17. The van der Waals surface area contributed by atoms with Crippen LogP contribution < -0.4 is 5.32 Å². The van der Waals surface area contributed by atoms with Crippen molar-refractivity contribution in [2.75, 3.05) is 39.3 Å². The van der Waals surface area contributed by atoms with E-state index < -0.39 is 15.9 Å². The zero-order chi connectivity index (χ0) is 18.3. The van der Waals surface area contributed by atoms with Gasteiger partial charge in [-0.3, -0.25) is 9.59 Å². The Morgan fingerprint density at radius 2 is 2.04 bits per heavy atom. The number of hydrogen-bond acceptors (Lipinski definition) is 6. The number of rotatable bonds is 3. The van der Waals surface area contributed by atoms with Gasteiger partial charge in [0.2, 0.25) is 0 Å². The van der Waals surface area contributed by atoms with Crippen LogP contribution in [-0.2, 0) is 14.8 Å². The highest BCUT2D eigenvalue weighted by molar-refractivity contribution is 7.90. The number of sulfonamides is 1. The molecule has 0 aliphatic carbocycles. The zero-order valence-corrected chi connectivity index (χ0v) is 15.1. The molecule has 2 amide bonds. The van der Waals surface area contributed by atoms with Gasteiger partial charge < -0.3 is 15.0 Å². The van der Waals surface area contributed by atoms with Crippen molar-refractivity contribution in [3.8, 4) is 0 Å². The average Bonchev–Trinajstić information content (AvgIpc) is 3.24. The van der Waals surface area contributed by atoms with Crippen LogP contribution in [0.2, 0.25) is 0 Å². The Morgan fingerprint density at radius 3 is 2.73 bits per heavy atom. The first-order valence-corrected chi connectivity index (χ1v) is 10.3. The summed E-state index contributed by atoms with van der Waals surface area (Å²) < 4.78 is 32.0. The molecule has 0 spiro atoms. The van der Waals surface area contributed by atoms with Crippen LogP contribution in [-0.4, -0.2) is 74.9 Å². The van der Waals surface area contributed by atoms with Gasteiger partial charge in [0.25, 0.3) is 21.8 Å². The third-order valence-electron chi connectivity index (χ3n) is 5.05. The van der Waals surface area contributed by atoms with Gasteiger partial charge in [-0.25, -0.2) is 12.7 Å². The summed E-state index contributed by atoms with van der Waals surface area (Å²) in [6.07, 6.45) is 1.34. The quantitative estimate of drug-likeness (QED) is 0.798. The van der Waals surface area contributed by atoms with E-state index in [9.17, 15) is 18.0 Å². The topological polar surface area (TPSA) is 96.0 Å². The minimum atomic E-state index is -3.95. The van der Waals surface area contributed by atoms with E-state index in [4.69, 9.17) is 4.74 Å². The predicted molar refractivity (Wildman–Crippen MR) is 92.4 cm³/mol. The molecule has 1 aromatic carbocycles. The van der Waals surface area contributed by atoms with Crippen LogP contribution in [0.1, 0.15) is 33.6 Å². The lowest BCUT2D eigenvalue weighted by Gasteiger charge is -2.27. The van der Waals surface area contributed by atoms with Gasteiger partial charge in [0.05, 0.1) is 18.2 Å². The summed E-state index contributed by atoms with van der Waals surface area (Å²) in [4.78, 5) is 26.8. The van der Waals surface area contributed by atoms with E-state index in [0.717, 1.165) is 17.1 Å². The molecule has 0 bridgehead atoms. The van der Waals surface area contributed by atoms with Crippen LogP contribution in [0.5, 0.6) is 0 Å². The highest BCUT2D eigenvalue weighted by atomic mass is 32.2. The first-order chi connectivity index (χ1) is 12.5. The molecule has 1 unspecified atom stereocenters. The normalized spacial score (nSPS) is 24.8. The Bertz CT molecular complexity index is 842. The van der Waals surface area contributed by atoms with E-state index in [1.165, 1.54) is 18.2 Å². The van der Waals surface area contributed by atoms with E-state index in [0.29, 0.717) is 38.3 Å². The number of amides is 2. The second-order valence-corrected chi connectivity index (χ2v) is 8.56. The molecule has 0 saturated carbocycles. The molecule has 8 nitrogen and oxygen atoms in total. The van der Waals surface area contributed by atoms with E-state index in [1.807, 2.05) is 0 Å². The molecule has 2 saturated heterocycles. The Labute approximate surface area is 152 Å². The fourth-order valence-corrected chi connectivity index (χ4v) is 5.24. The third-order valence-corrected chi connectivity index (χ3v) is 6.84. The van der Waals surface area contributed by atoms with Crippen LogP contribution >= 0.6 is 0 Å². The van der Waals surface area contributed by atoms with Crippen LogP contribution in [0.15, 0.2) is 23.1 Å². The standard InChI is InChI=1S/C17H21N3O5S/c21-16(19-7-5-18-6-8-19)12-3-4-14-15(10-12)26(23,24)20(17(14)22)11-13-2-1-9-25-13/h3-4,10,13,18H,1-2,5-9,11H2. The third kappa shape index (κ3) is 2.89. The van der Waals surface area contributed by atoms with Crippen molar-refractivity contribution >= 4 is 21.8 Å². The van der Waals surface area contributed by atoms with Crippen LogP contribution in [0.3, 0.4) is 0 Å². The molecular formula is C17H21N3O5S. The second-order valence-electron chi connectivity index (χ2n) is 6.73. The number of benzene rings is 1. The number of nitrogens with one attached hydrogen (secondary N) is 1. The number of hydrogen-bond donors (Lipinski definition) is 1. The van der Waals surface area contributed by atoms with E-state index in [1.54, 1.807) is 4.90 Å². The van der Waals surface area contributed by atoms with Crippen molar-refractivity contribution in [1.82, 2.24) is 14.5 Å². The molecule has 3 aliphatic heterocycles. The zero-order valence-electron chi connectivity index (χ0n) is 14.3. The van der Waals surface area contributed by atoms with E-state index >= 15 is 0 Å². The van der Waals surface area contributed by atoms with Gasteiger partial charge in [-0.15, -0.1) is 0 Å². The molecule has 0 radical (unpaired) electrons. The highest BCUT2D eigenvalue weighted by Crippen LogP contribution is 2.32. The molecule has 0 aromatic heterocycles. The number of fused-ring (bicyclic) bond motifs is 1. The minimum Gasteiger partial charge on any atom is -0.376 e. The Hall–Kier alpha value is -1.97. The lowest BCUT2D eigenvalue weighted by Crippen LogP contribution is -2.46. The van der Waals surface area contributed by atoms with E-state index in [2.05, 4.69) is 5.32 Å². The second kappa shape index (κ2) is 6.64. The molecule has 3 aliphatic rings. The van der Waals surface area contributed by atoms with Crippen molar-refractivity contribution < 1.29 is 22.7 Å². The molecule has 140 valence electrons. The monoisotopic (exact) mass is 379 g/mol. The summed E-state index contributed by atoms with van der Waals surface area (Å²) in [6.45, 7) is 3.19. The molecule has 1 N–H and O–H groups in total. The van der Waals surface area contributed by atoms with Crippen LogP contribution in [0.4, 0.5) is 0 Å². The molecule has 3 heterocycles. The van der Waals surface area contributed by atoms with Gasteiger partial charge in [-0.1, -0.05) is 0 Å². The molecule has 26 heavy (non-hydrogen) atoms. The van der Waals surface area contributed by atoms with Crippen molar-refractivity contribution in [3.63, 3.8) is 0 Å². The molecular weight excluding hydrogens is 358 g/mol. The molecule has 2 fully saturated rings. The SMILES string of the molecule is O=C(c1ccc2c(c1)S(=O)(=O)N(CC1CCCO1)C2=O)N1CCNCC1. The number of ether oxygens (including phenoxy) is 1. The Kier molecular flexibility index (Phi) is 4.45. The largest absolute Gasteiger partial charge is 0.376 e. The minimum absolute atomic E-state index is 0.0247. The van der Waals surface area contributed by atoms with Crippen molar-refractivity contribution in [2.45, 2.75) is 23.8 Å². The maximum atomic E-state index is 12.8. The van der Waals surface area contributed by atoms with Gasteiger partial charge in [0.1, 0.15) is 4.90 Å². The van der Waals surface area contributed by atoms with Crippen molar-refractivity contribution in [3.05, 3.63) is 29.3 Å². The van der Waals surface area contributed by atoms with Crippen molar-refractivity contribution in [2.24, 2.45) is 0 Å². The smallest absolute Gasteiger partial charge is 0.269 e. The van der Waals surface area contributed by atoms with Crippen LogP contribution in [0, 0.1) is 0 Å². The van der Waals surface area contributed by atoms with Gasteiger partial charge in [0.15, 0.2) is 0 Å². The number of carbonyl (C=O) groups excluding carboxylic acids is 2. The number of nitrogens with zero attached hydrogens (tertiary/aromatic N) is 2. The first-order valence-electron chi connectivity index (χ1n) is 8.81. The Morgan fingerprint density at radius 1 is 1.27 bits per heavy atom. The van der Waals surface area contributed by atoms with Gasteiger partial charge in [-0.05, 0) is 31.0 Å². The number of carbonyl (C=O) groups is 2. The van der Waals surface area contributed by atoms with Gasteiger partial charge >= 0.3 is 0 Å². The van der Waals surface area contributed by atoms with E-state index in [-0.39, 0.29) is 29.0 Å². The first kappa shape index (κ1) is 17.4. The van der Waals surface area contributed by atoms with Crippen LogP contribution in [0.25, 0.3) is 0 Å². The van der Waals surface area contributed by atoms with Gasteiger partial charge in [0, 0.05) is 38.3 Å². The highest BCUT2D eigenvalue weighted by Gasteiger charge is 2.43. The summed E-state index contributed by atoms with van der Waals surface area (Å²) in [5.41, 5.74) is 0.417. The molecule has 1 atom stereocenters. The molecule has 4 rings (SSSR count). The summed E-state index contributed by atoms with van der Waals surface area (Å²) >= 11 is 0. The summed E-state index contributed by atoms with van der Waals surface area (Å²) in [6, 6.07) is 4.31. The molecule has 1 aromatic rings. The lowest BCUT2D eigenvalue weighted by atomic mass is 10.1. The van der Waals surface area contributed by atoms with Crippen molar-refractivity contribution in [1.29, 1.82) is 0 Å². The number of piperazine rings is 1. The summed E-state index contributed by atoms with van der Waals surface area (Å²) in [7, 11) is -3.95.